The minimum Gasteiger partial charge on any atom is -0.205 e. The van der Waals surface area contributed by atoms with Crippen LogP contribution in [0.4, 0.5) is 4.39 Å². The Kier molecular flexibility index (Phi) is 2.45. The highest BCUT2D eigenvalue weighted by Gasteiger charge is 2.06. The molecule has 0 spiro atoms. The van der Waals surface area contributed by atoms with Crippen molar-refractivity contribution in [3.8, 4) is 6.07 Å². The first-order chi connectivity index (χ1) is 5.16. The van der Waals surface area contributed by atoms with Gasteiger partial charge in [-0.2, -0.15) is 5.26 Å². The topological polar surface area (TPSA) is 23.8 Å². The van der Waals surface area contributed by atoms with E-state index in [2.05, 4.69) is 0 Å². The zero-order valence-corrected chi connectivity index (χ0v) is 8.02. The van der Waals surface area contributed by atoms with Crippen LogP contribution in [0.15, 0.2) is 12.1 Å². The van der Waals surface area contributed by atoms with E-state index < -0.39 is 0 Å². The predicted octanol–water partition coefficient (Wildman–Crippen LogP) is 2.61. The fourth-order valence-corrected chi connectivity index (χ4v) is 1.46. The first kappa shape index (κ1) is 8.47. The van der Waals surface area contributed by atoms with Gasteiger partial charge >= 0.3 is 0 Å². The van der Waals surface area contributed by atoms with Crippen molar-refractivity contribution in [1.82, 2.24) is 0 Å². The van der Waals surface area contributed by atoms with Crippen molar-refractivity contribution in [3.63, 3.8) is 0 Å². The van der Waals surface area contributed by atoms with Crippen LogP contribution >= 0.6 is 22.6 Å². The second-order valence-corrected chi connectivity index (χ2v) is 3.25. The van der Waals surface area contributed by atoms with Gasteiger partial charge in [-0.05, 0) is 41.1 Å². The second-order valence-electron chi connectivity index (χ2n) is 2.17. The lowest BCUT2D eigenvalue weighted by Crippen LogP contribution is -1.90. The normalized spacial score (nSPS) is 9.27. The van der Waals surface area contributed by atoms with Crippen molar-refractivity contribution in [1.29, 1.82) is 5.26 Å². The predicted molar refractivity (Wildman–Crippen MR) is 48.6 cm³/mol. The molecule has 0 saturated heterocycles. The van der Waals surface area contributed by atoms with Gasteiger partial charge in [0.2, 0.25) is 0 Å². The van der Waals surface area contributed by atoms with E-state index in [-0.39, 0.29) is 5.82 Å². The van der Waals surface area contributed by atoms with Crippen LogP contribution in [0.3, 0.4) is 0 Å². The number of nitrogens with zero attached hydrogens (tertiary/aromatic N) is 1. The quantitative estimate of drug-likeness (QED) is 0.658. The maximum absolute atomic E-state index is 13.0. The highest BCUT2D eigenvalue weighted by Crippen LogP contribution is 2.18. The Morgan fingerprint density at radius 2 is 2.18 bits per heavy atom. The van der Waals surface area contributed by atoms with Crippen LogP contribution in [0.25, 0.3) is 0 Å². The van der Waals surface area contributed by atoms with Crippen LogP contribution in [0, 0.1) is 27.6 Å². The Hall–Kier alpha value is -0.630. The second kappa shape index (κ2) is 3.18. The average Bonchev–Trinajstić information content (AvgIpc) is 2.01. The third-order valence-corrected chi connectivity index (χ3v) is 2.45. The van der Waals surface area contributed by atoms with Gasteiger partial charge in [-0.25, -0.2) is 4.39 Å². The van der Waals surface area contributed by atoms with Crippen molar-refractivity contribution < 1.29 is 4.39 Å². The molecule has 0 bridgehead atoms. The summed E-state index contributed by atoms with van der Waals surface area (Å²) in [6.45, 7) is 1.68. The molecule has 1 aromatic carbocycles. The lowest BCUT2D eigenvalue weighted by Gasteiger charge is -1.99. The van der Waals surface area contributed by atoms with Crippen molar-refractivity contribution >= 4 is 22.6 Å². The summed E-state index contributed by atoms with van der Waals surface area (Å²) in [5, 5.41) is 8.51. The van der Waals surface area contributed by atoms with Gasteiger partial charge in [0.15, 0.2) is 0 Å². The largest absolute Gasteiger partial charge is 0.205 e. The van der Waals surface area contributed by atoms with Crippen molar-refractivity contribution in [2.75, 3.05) is 0 Å². The van der Waals surface area contributed by atoms with Crippen LogP contribution in [-0.2, 0) is 0 Å². The van der Waals surface area contributed by atoms with E-state index in [4.69, 9.17) is 5.26 Å². The highest BCUT2D eigenvalue weighted by atomic mass is 127. The lowest BCUT2D eigenvalue weighted by molar-refractivity contribution is 0.610. The third kappa shape index (κ3) is 1.51. The summed E-state index contributed by atoms with van der Waals surface area (Å²) in [5.74, 6) is -0.287. The molecule has 0 N–H and O–H groups in total. The summed E-state index contributed by atoms with van der Waals surface area (Å²) in [5.41, 5.74) is 0.974. The van der Waals surface area contributed by atoms with Gasteiger partial charge in [0.1, 0.15) is 11.9 Å². The summed E-state index contributed by atoms with van der Waals surface area (Å²) in [4.78, 5) is 0. The summed E-state index contributed by atoms with van der Waals surface area (Å²) in [7, 11) is 0. The molecular formula is C8H5FIN. The molecule has 0 aliphatic heterocycles. The number of rotatable bonds is 0. The fourth-order valence-electron chi connectivity index (χ4n) is 0.732. The molecule has 56 valence electrons. The minimum absolute atomic E-state index is 0.287. The van der Waals surface area contributed by atoms with E-state index in [1.165, 1.54) is 0 Å². The molecule has 0 saturated carbocycles. The molecule has 1 rings (SSSR count). The molecule has 0 unspecified atom stereocenters. The van der Waals surface area contributed by atoms with Gasteiger partial charge in [-0.1, -0.05) is 6.07 Å². The number of hydrogen-bond donors (Lipinski definition) is 0. The monoisotopic (exact) mass is 261 g/mol. The van der Waals surface area contributed by atoms with Crippen LogP contribution in [0.5, 0.6) is 0 Å². The van der Waals surface area contributed by atoms with Gasteiger partial charge in [0.05, 0.1) is 9.13 Å². The molecule has 0 heterocycles. The molecule has 0 amide bonds. The average molecular weight is 261 g/mol. The van der Waals surface area contributed by atoms with Gasteiger partial charge < -0.3 is 0 Å². The molecule has 0 aliphatic carbocycles. The molecular weight excluding hydrogens is 256 g/mol. The zero-order valence-electron chi connectivity index (χ0n) is 5.86. The molecule has 1 nitrogen and oxygen atoms in total. The van der Waals surface area contributed by atoms with Gasteiger partial charge in [-0.15, -0.1) is 0 Å². The van der Waals surface area contributed by atoms with E-state index in [0.717, 1.165) is 0 Å². The minimum atomic E-state index is -0.287. The fraction of sp³-hybridized carbons (Fsp3) is 0.125. The summed E-state index contributed by atoms with van der Waals surface area (Å²) < 4.78 is 13.4. The molecule has 0 radical (unpaired) electrons. The Morgan fingerprint density at radius 1 is 1.55 bits per heavy atom. The van der Waals surface area contributed by atoms with Crippen LogP contribution in [0.2, 0.25) is 0 Å². The Balaban J connectivity index is 3.40. The number of aryl methyl sites for hydroxylation is 1. The third-order valence-electron chi connectivity index (χ3n) is 1.40. The van der Waals surface area contributed by atoms with Crippen LogP contribution in [-0.4, -0.2) is 0 Å². The first-order valence-corrected chi connectivity index (χ1v) is 4.09. The maximum atomic E-state index is 13.0. The van der Waals surface area contributed by atoms with E-state index in [1.54, 1.807) is 19.1 Å². The number of nitriles is 1. The van der Waals surface area contributed by atoms with Gasteiger partial charge in [-0.3, -0.25) is 0 Å². The summed E-state index contributed by atoms with van der Waals surface area (Å²) in [6.07, 6.45) is 0. The van der Waals surface area contributed by atoms with Gasteiger partial charge in [0, 0.05) is 0 Å². The molecule has 0 aliphatic rings. The molecule has 0 fully saturated rings. The SMILES string of the molecule is Cc1ccc(C#N)c(I)c1F. The molecule has 3 heteroatoms. The molecule has 1 aromatic rings. The Morgan fingerprint density at radius 3 is 2.73 bits per heavy atom. The lowest BCUT2D eigenvalue weighted by atomic mass is 10.1. The molecule has 0 aromatic heterocycles. The van der Waals surface area contributed by atoms with Crippen molar-refractivity contribution in [3.05, 3.63) is 32.6 Å². The number of halogens is 2. The number of benzene rings is 1. The maximum Gasteiger partial charge on any atom is 0.140 e. The van der Waals surface area contributed by atoms with E-state index in [9.17, 15) is 4.39 Å². The van der Waals surface area contributed by atoms with Gasteiger partial charge in [0.25, 0.3) is 0 Å². The summed E-state index contributed by atoms with van der Waals surface area (Å²) >= 11 is 1.83. The van der Waals surface area contributed by atoms with Crippen molar-refractivity contribution in [2.45, 2.75) is 6.92 Å². The van der Waals surface area contributed by atoms with Crippen LogP contribution < -0.4 is 0 Å². The molecule has 0 atom stereocenters. The first-order valence-electron chi connectivity index (χ1n) is 3.01. The van der Waals surface area contributed by atoms with Crippen molar-refractivity contribution in [2.24, 2.45) is 0 Å². The Labute approximate surface area is 78.0 Å². The summed E-state index contributed by atoms with van der Waals surface area (Å²) in [6, 6.07) is 5.15. The highest BCUT2D eigenvalue weighted by molar-refractivity contribution is 14.1. The Bertz CT molecular complexity index is 328. The van der Waals surface area contributed by atoms with E-state index in [1.807, 2.05) is 28.7 Å². The zero-order chi connectivity index (χ0) is 8.43. The van der Waals surface area contributed by atoms with E-state index in [0.29, 0.717) is 14.7 Å². The number of hydrogen-bond acceptors (Lipinski definition) is 1. The van der Waals surface area contributed by atoms with Crippen LogP contribution in [0.1, 0.15) is 11.1 Å². The smallest absolute Gasteiger partial charge is 0.140 e. The van der Waals surface area contributed by atoms with E-state index >= 15 is 0 Å². The molecule has 11 heavy (non-hydrogen) atoms. The standard InChI is InChI=1S/C8H5FIN/c1-5-2-3-6(4-11)8(10)7(5)9/h2-3H,1H3.